The second kappa shape index (κ2) is 11.3. The molecule has 38 heavy (non-hydrogen) atoms. The zero-order chi connectivity index (χ0) is 28.0. The van der Waals surface area contributed by atoms with Gasteiger partial charge in [0, 0.05) is 12.5 Å². The van der Waals surface area contributed by atoms with Gasteiger partial charge in [-0.05, 0) is 97.7 Å². The first-order valence-electron chi connectivity index (χ1n) is 15.0. The van der Waals surface area contributed by atoms with Crippen molar-refractivity contribution in [3.8, 4) is 0 Å². The zero-order valence-corrected chi connectivity index (χ0v) is 24.5. The standard InChI is InChI=1S/C29H51NO7S/c1-17(6-5-7-18(2)27(34)30-12-13-38(35,36)37)21-8-9-22-26-23(10-11-28(21,22)3)29(4)19(15-24(26)32)14-20(31)16-25(29)33/h17-26,31-33H,5-16H2,1-4H3,(H,30,34)(H,35,36,37)/t17-,18-,19+,20+,21?,22?,23?,24?,25-,26?,28-,29+/m1/s1. The molecule has 0 saturated heterocycles. The lowest BCUT2D eigenvalue weighted by Gasteiger charge is -2.63. The van der Waals surface area contributed by atoms with Gasteiger partial charge in [-0.25, -0.2) is 0 Å². The molecular formula is C29H51NO7S. The molecule has 4 fully saturated rings. The highest BCUT2D eigenvalue weighted by Gasteiger charge is 2.64. The normalized spacial score (nSPS) is 44.4. The summed E-state index contributed by atoms with van der Waals surface area (Å²) in [5.41, 5.74) is -0.0606. The minimum Gasteiger partial charge on any atom is -0.393 e. The number of hydrogen-bond acceptors (Lipinski definition) is 6. The quantitative estimate of drug-likeness (QED) is 0.273. The molecule has 0 spiro atoms. The van der Waals surface area contributed by atoms with E-state index in [4.69, 9.17) is 4.55 Å². The number of aliphatic hydroxyl groups excluding tert-OH is 3. The fraction of sp³-hybridized carbons (Fsp3) is 0.966. The number of hydrogen-bond donors (Lipinski definition) is 5. The molecule has 5 N–H and O–H groups in total. The van der Waals surface area contributed by atoms with Crippen molar-refractivity contribution in [3.63, 3.8) is 0 Å². The highest BCUT2D eigenvalue weighted by atomic mass is 32.2. The van der Waals surface area contributed by atoms with Crippen LogP contribution < -0.4 is 5.32 Å². The summed E-state index contributed by atoms with van der Waals surface area (Å²) in [7, 11) is -4.08. The molecule has 9 heteroatoms. The Bertz CT molecular complexity index is 959. The monoisotopic (exact) mass is 557 g/mol. The largest absolute Gasteiger partial charge is 0.393 e. The lowest BCUT2D eigenvalue weighted by atomic mass is 9.43. The van der Waals surface area contributed by atoms with Gasteiger partial charge >= 0.3 is 0 Å². The maximum atomic E-state index is 12.3. The molecule has 5 unspecified atom stereocenters. The summed E-state index contributed by atoms with van der Waals surface area (Å²) in [6.45, 7) is 8.79. The number of nitrogens with one attached hydrogen (secondary N) is 1. The molecule has 220 valence electrons. The van der Waals surface area contributed by atoms with Gasteiger partial charge in [0.2, 0.25) is 5.91 Å². The van der Waals surface area contributed by atoms with Gasteiger partial charge in [-0.3, -0.25) is 9.35 Å². The van der Waals surface area contributed by atoms with E-state index in [1.807, 2.05) is 6.92 Å². The van der Waals surface area contributed by atoms with Crippen LogP contribution in [0, 0.1) is 52.3 Å². The third kappa shape index (κ3) is 5.69. The van der Waals surface area contributed by atoms with Crippen LogP contribution in [-0.2, 0) is 14.9 Å². The summed E-state index contributed by atoms with van der Waals surface area (Å²) >= 11 is 0. The summed E-state index contributed by atoms with van der Waals surface area (Å²) in [5, 5.41) is 35.5. The van der Waals surface area contributed by atoms with Gasteiger partial charge in [0.1, 0.15) is 0 Å². The smallest absolute Gasteiger partial charge is 0.266 e. The van der Waals surface area contributed by atoms with Gasteiger partial charge in [0.25, 0.3) is 10.1 Å². The lowest BCUT2D eigenvalue weighted by molar-refractivity contribution is -0.212. The molecule has 0 bridgehead atoms. The number of carbonyl (C=O) groups excluding carboxylic acids is 1. The first-order valence-corrected chi connectivity index (χ1v) is 16.6. The molecule has 4 aliphatic carbocycles. The third-order valence-electron chi connectivity index (χ3n) is 11.9. The average molecular weight is 558 g/mol. The second-order valence-corrected chi connectivity index (χ2v) is 15.5. The summed E-state index contributed by atoms with van der Waals surface area (Å²) in [4.78, 5) is 12.3. The van der Waals surface area contributed by atoms with Gasteiger partial charge in [-0.1, -0.05) is 40.5 Å². The summed E-state index contributed by atoms with van der Waals surface area (Å²) in [6.07, 6.45) is 7.59. The van der Waals surface area contributed by atoms with E-state index in [0.29, 0.717) is 42.9 Å². The molecule has 1 amide bonds. The number of fused-ring (bicyclic) bond motifs is 5. The van der Waals surface area contributed by atoms with Crippen LogP contribution in [0.2, 0.25) is 0 Å². The molecule has 8 nitrogen and oxygen atoms in total. The van der Waals surface area contributed by atoms with Crippen LogP contribution in [0.5, 0.6) is 0 Å². The molecule has 0 aromatic rings. The van der Waals surface area contributed by atoms with Crippen LogP contribution in [0.4, 0.5) is 0 Å². The lowest BCUT2D eigenvalue weighted by Crippen LogP contribution is -2.62. The Morgan fingerprint density at radius 3 is 2.39 bits per heavy atom. The van der Waals surface area contributed by atoms with E-state index in [0.717, 1.165) is 44.9 Å². The van der Waals surface area contributed by atoms with Crippen molar-refractivity contribution < 1.29 is 33.1 Å². The first-order chi connectivity index (χ1) is 17.7. The van der Waals surface area contributed by atoms with Crippen molar-refractivity contribution in [2.24, 2.45) is 52.3 Å². The minimum atomic E-state index is -4.08. The predicted octanol–water partition coefficient (Wildman–Crippen LogP) is 3.39. The Hall–Kier alpha value is -0.740. The van der Waals surface area contributed by atoms with Crippen molar-refractivity contribution in [2.75, 3.05) is 12.3 Å². The third-order valence-corrected chi connectivity index (χ3v) is 12.6. The Balaban J connectivity index is 1.34. The maximum Gasteiger partial charge on any atom is 0.266 e. The van der Waals surface area contributed by atoms with E-state index >= 15 is 0 Å². The van der Waals surface area contributed by atoms with Gasteiger partial charge in [-0.2, -0.15) is 8.42 Å². The van der Waals surface area contributed by atoms with Crippen molar-refractivity contribution in [1.82, 2.24) is 5.32 Å². The number of carbonyl (C=O) groups is 1. The Labute approximate surface area is 229 Å². The molecular weight excluding hydrogens is 506 g/mol. The second-order valence-electron chi connectivity index (χ2n) is 13.9. The maximum absolute atomic E-state index is 12.3. The van der Waals surface area contributed by atoms with Crippen LogP contribution in [0.3, 0.4) is 0 Å². The molecule has 4 rings (SSSR count). The molecule has 0 aliphatic heterocycles. The SMILES string of the molecule is C[C@H](CCC[C@@H](C)C1CCC2C3C(O)C[C@@H]4C[C@H](O)C[C@@H](O)[C@]4(C)C3CC[C@@]21C)C(=O)NCCS(=O)(=O)O. The van der Waals surface area contributed by atoms with E-state index in [1.165, 1.54) is 0 Å². The summed E-state index contributed by atoms with van der Waals surface area (Å²) in [6, 6.07) is 0. The number of aliphatic hydroxyl groups is 3. The molecule has 0 radical (unpaired) electrons. The molecule has 4 saturated carbocycles. The van der Waals surface area contributed by atoms with Crippen molar-refractivity contribution in [1.29, 1.82) is 0 Å². The summed E-state index contributed by atoms with van der Waals surface area (Å²) in [5.74, 6) is 1.36. The van der Waals surface area contributed by atoms with Crippen LogP contribution in [0.25, 0.3) is 0 Å². The highest BCUT2D eigenvalue weighted by molar-refractivity contribution is 7.85. The van der Waals surface area contributed by atoms with Crippen molar-refractivity contribution in [2.45, 2.75) is 110 Å². The molecule has 0 aromatic carbocycles. The summed E-state index contributed by atoms with van der Waals surface area (Å²) < 4.78 is 30.5. The van der Waals surface area contributed by atoms with E-state index in [-0.39, 0.29) is 47.1 Å². The molecule has 4 aliphatic rings. The fourth-order valence-corrected chi connectivity index (χ4v) is 10.2. The highest BCUT2D eigenvalue weighted by Crippen LogP contribution is 2.68. The van der Waals surface area contributed by atoms with Gasteiger partial charge < -0.3 is 20.6 Å². The zero-order valence-electron chi connectivity index (χ0n) is 23.7. The van der Waals surface area contributed by atoms with Crippen LogP contribution >= 0.6 is 0 Å². The van der Waals surface area contributed by atoms with Crippen LogP contribution in [-0.4, -0.2) is 64.8 Å². The Morgan fingerprint density at radius 1 is 1.00 bits per heavy atom. The van der Waals surface area contributed by atoms with Gasteiger partial charge in [0.15, 0.2) is 0 Å². The Morgan fingerprint density at radius 2 is 1.71 bits per heavy atom. The van der Waals surface area contributed by atoms with E-state index in [2.05, 4.69) is 26.1 Å². The van der Waals surface area contributed by atoms with Crippen LogP contribution in [0.1, 0.15) is 91.9 Å². The van der Waals surface area contributed by atoms with Crippen molar-refractivity contribution >= 4 is 16.0 Å². The van der Waals surface area contributed by atoms with E-state index < -0.39 is 28.1 Å². The first kappa shape index (κ1) is 30.2. The molecule has 0 aromatic heterocycles. The van der Waals surface area contributed by atoms with Crippen molar-refractivity contribution in [3.05, 3.63) is 0 Å². The number of rotatable bonds is 9. The van der Waals surface area contributed by atoms with E-state index in [9.17, 15) is 28.5 Å². The molecule has 12 atom stereocenters. The fourth-order valence-electron chi connectivity index (χ4n) is 9.80. The predicted molar refractivity (Wildman–Crippen MR) is 146 cm³/mol. The minimum absolute atomic E-state index is 0.0777. The topological polar surface area (TPSA) is 144 Å². The van der Waals surface area contributed by atoms with Gasteiger partial charge in [-0.15, -0.1) is 0 Å². The van der Waals surface area contributed by atoms with Crippen LogP contribution in [0.15, 0.2) is 0 Å². The van der Waals surface area contributed by atoms with Gasteiger partial charge in [0.05, 0.1) is 24.1 Å². The number of amides is 1. The molecule has 0 heterocycles. The average Bonchev–Trinajstić information content (AvgIpc) is 3.17. The Kier molecular flexibility index (Phi) is 8.96. The van der Waals surface area contributed by atoms with E-state index in [1.54, 1.807) is 0 Å².